The molecule has 1 amide bonds. The van der Waals surface area contributed by atoms with Crippen LogP contribution in [0, 0.1) is 0 Å². The zero-order valence-electron chi connectivity index (χ0n) is 9.06. The fourth-order valence-electron chi connectivity index (χ4n) is 1.68. The van der Waals surface area contributed by atoms with Gasteiger partial charge in [-0.05, 0) is 30.0 Å². The fraction of sp³-hybridized carbons (Fsp3) is 0.444. The number of amides is 1. The fourth-order valence-corrected chi connectivity index (χ4v) is 2.05. The van der Waals surface area contributed by atoms with Crippen LogP contribution in [0.1, 0.15) is 23.3 Å². The van der Waals surface area contributed by atoms with E-state index in [0.717, 1.165) is 25.9 Å². The predicted molar refractivity (Wildman–Crippen MR) is 53.1 cm³/mol. The third-order valence-corrected chi connectivity index (χ3v) is 3.09. The van der Waals surface area contributed by atoms with Gasteiger partial charge in [0.25, 0.3) is 5.91 Å². The van der Waals surface area contributed by atoms with Gasteiger partial charge >= 0.3 is 29.6 Å². The number of hydrogen-bond donors (Lipinski definition) is 1. The summed E-state index contributed by atoms with van der Waals surface area (Å²) in [6, 6.07) is 1.36. The first kappa shape index (κ1) is 13.9. The van der Waals surface area contributed by atoms with Crippen LogP contribution in [0.3, 0.4) is 0 Å². The first-order valence-electron chi connectivity index (χ1n) is 4.75. The van der Waals surface area contributed by atoms with Crippen molar-refractivity contribution in [1.82, 2.24) is 9.88 Å². The van der Waals surface area contributed by atoms with E-state index in [4.69, 9.17) is 0 Å². The van der Waals surface area contributed by atoms with Crippen LogP contribution < -0.4 is 29.6 Å². The molecular weight excluding hydrogens is 239 g/mol. The Labute approximate surface area is 118 Å². The van der Waals surface area contributed by atoms with Gasteiger partial charge in [0.05, 0.1) is 0 Å². The average molecular weight is 250 g/mol. The Kier molecular flexibility index (Phi) is 5.20. The maximum Gasteiger partial charge on any atom is 1.00 e. The molecule has 1 aliphatic rings. The number of aromatic amines is 1. The van der Waals surface area contributed by atoms with E-state index >= 15 is 0 Å². The van der Waals surface area contributed by atoms with Gasteiger partial charge in [0.1, 0.15) is 5.69 Å². The molecule has 0 aliphatic carbocycles. The van der Waals surface area contributed by atoms with Gasteiger partial charge in [-0.25, -0.2) is 0 Å². The minimum atomic E-state index is -2.28. The van der Waals surface area contributed by atoms with Crippen molar-refractivity contribution in [3.05, 3.63) is 18.0 Å². The Bertz CT molecular complexity index is 401. The molecule has 0 aromatic carbocycles. The summed E-state index contributed by atoms with van der Waals surface area (Å²) >= 11 is -2.28. The molecule has 0 bridgehead atoms. The summed E-state index contributed by atoms with van der Waals surface area (Å²) in [5.74, 6) is -0.121. The minimum Gasteiger partial charge on any atom is -0.768 e. The largest absolute Gasteiger partial charge is 1.00 e. The van der Waals surface area contributed by atoms with Crippen LogP contribution in [-0.2, 0) is 11.1 Å². The van der Waals surface area contributed by atoms with E-state index in [-0.39, 0.29) is 40.4 Å². The number of H-pyrrole nitrogens is 1. The number of carbonyl (C=O) groups excluding carboxylic acids is 1. The van der Waals surface area contributed by atoms with Gasteiger partial charge in [-0.2, -0.15) is 0 Å². The zero-order chi connectivity index (χ0) is 10.8. The minimum absolute atomic E-state index is 0. The SMILES string of the molecule is O=C(c1cc(S(=O)[O-])c[nH]1)N1CCCC1.[Na+]. The summed E-state index contributed by atoms with van der Waals surface area (Å²) in [7, 11) is 0. The molecule has 1 N–H and O–H groups in total. The number of nitrogens with zero attached hydrogens (tertiary/aromatic N) is 1. The van der Waals surface area contributed by atoms with Crippen molar-refractivity contribution < 1.29 is 43.1 Å². The van der Waals surface area contributed by atoms with Crippen molar-refractivity contribution in [2.24, 2.45) is 0 Å². The van der Waals surface area contributed by atoms with Gasteiger partial charge in [0.15, 0.2) is 0 Å². The molecule has 1 fully saturated rings. The second kappa shape index (κ2) is 5.97. The average Bonchev–Trinajstić information content (AvgIpc) is 2.88. The second-order valence-electron chi connectivity index (χ2n) is 3.48. The van der Waals surface area contributed by atoms with Crippen LogP contribution in [0.25, 0.3) is 0 Å². The zero-order valence-corrected chi connectivity index (χ0v) is 11.9. The molecule has 16 heavy (non-hydrogen) atoms. The summed E-state index contributed by atoms with van der Waals surface area (Å²) in [5.41, 5.74) is 0.344. The maximum atomic E-state index is 11.8. The van der Waals surface area contributed by atoms with Crippen molar-refractivity contribution in [3.63, 3.8) is 0 Å². The van der Waals surface area contributed by atoms with E-state index in [1.165, 1.54) is 12.3 Å². The van der Waals surface area contributed by atoms with E-state index < -0.39 is 11.1 Å². The Balaban J connectivity index is 0.00000128. The van der Waals surface area contributed by atoms with E-state index in [9.17, 15) is 13.6 Å². The van der Waals surface area contributed by atoms with Gasteiger partial charge in [0.2, 0.25) is 0 Å². The molecule has 0 radical (unpaired) electrons. The molecule has 2 heterocycles. The summed E-state index contributed by atoms with van der Waals surface area (Å²) in [4.78, 5) is 16.3. The Hall–Kier alpha value is -0.140. The quantitative estimate of drug-likeness (QED) is 0.465. The number of carbonyl (C=O) groups is 1. The van der Waals surface area contributed by atoms with Crippen molar-refractivity contribution in [1.29, 1.82) is 0 Å². The van der Waals surface area contributed by atoms with Crippen molar-refractivity contribution in [2.75, 3.05) is 13.1 Å². The molecule has 2 rings (SSSR count). The Morgan fingerprint density at radius 3 is 2.56 bits per heavy atom. The van der Waals surface area contributed by atoms with Crippen LogP contribution in [0.15, 0.2) is 17.2 Å². The molecule has 82 valence electrons. The molecule has 5 nitrogen and oxygen atoms in total. The Morgan fingerprint density at radius 2 is 2.06 bits per heavy atom. The molecular formula is C9H11N2NaO3S. The van der Waals surface area contributed by atoms with Crippen molar-refractivity contribution >= 4 is 17.0 Å². The third-order valence-electron chi connectivity index (χ3n) is 2.47. The summed E-state index contributed by atoms with van der Waals surface area (Å²) in [5, 5.41) is 0. The molecule has 1 aliphatic heterocycles. The van der Waals surface area contributed by atoms with E-state index in [1.54, 1.807) is 4.90 Å². The first-order valence-corrected chi connectivity index (χ1v) is 5.83. The van der Waals surface area contributed by atoms with Crippen LogP contribution in [0.5, 0.6) is 0 Å². The van der Waals surface area contributed by atoms with Crippen LogP contribution in [-0.4, -0.2) is 37.6 Å². The van der Waals surface area contributed by atoms with Gasteiger partial charge in [-0.3, -0.25) is 9.00 Å². The molecule has 1 saturated heterocycles. The summed E-state index contributed by atoms with van der Waals surface area (Å²) < 4.78 is 21.2. The first-order chi connectivity index (χ1) is 7.18. The van der Waals surface area contributed by atoms with Gasteiger partial charge in [-0.1, -0.05) is 0 Å². The molecule has 1 unspecified atom stereocenters. The van der Waals surface area contributed by atoms with E-state index in [1.807, 2.05) is 0 Å². The van der Waals surface area contributed by atoms with Crippen LogP contribution in [0.2, 0.25) is 0 Å². The molecule has 1 atom stereocenters. The van der Waals surface area contributed by atoms with Gasteiger partial charge < -0.3 is 14.4 Å². The molecule has 0 saturated carbocycles. The van der Waals surface area contributed by atoms with Gasteiger partial charge in [0, 0.05) is 24.2 Å². The Morgan fingerprint density at radius 1 is 1.44 bits per heavy atom. The monoisotopic (exact) mass is 250 g/mol. The van der Waals surface area contributed by atoms with E-state index in [0.29, 0.717) is 5.69 Å². The van der Waals surface area contributed by atoms with Crippen molar-refractivity contribution in [3.8, 4) is 0 Å². The summed E-state index contributed by atoms with van der Waals surface area (Å²) in [6.45, 7) is 1.52. The smallest absolute Gasteiger partial charge is 0.768 e. The maximum absolute atomic E-state index is 11.8. The molecule has 0 spiro atoms. The number of likely N-dealkylation sites (tertiary alicyclic amines) is 1. The molecule has 1 aromatic heterocycles. The second-order valence-corrected chi connectivity index (χ2v) is 4.42. The topological polar surface area (TPSA) is 76.2 Å². The van der Waals surface area contributed by atoms with Crippen LogP contribution in [0.4, 0.5) is 0 Å². The predicted octanol–water partition coefficient (Wildman–Crippen LogP) is -2.51. The third kappa shape index (κ3) is 2.95. The molecule has 1 aromatic rings. The number of rotatable bonds is 2. The summed E-state index contributed by atoms with van der Waals surface area (Å²) in [6.07, 6.45) is 3.37. The number of hydrogen-bond acceptors (Lipinski definition) is 3. The normalized spacial score (nSPS) is 16.9. The van der Waals surface area contributed by atoms with Gasteiger partial charge in [-0.15, -0.1) is 0 Å². The van der Waals surface area contributed by atoms with Crippen LogP contribution >= 0.6 is 0 Å². The standard InChI is InChI=1S/C9H12N2O3S.Na/c12-9(11-3-1-2-4-11)8-5-7(6-10-8)15(13)14;/h5-6,10H,1-4H2,(H,13,14);/q;+1/p-1. The van der Waals surface area contributed by atoms with Crippen molar-refractivity contribution in [2.45, 2.75) is 17.7 Å². The molecule has 7 heteroatoms. The van der Waals surface area contributed by atoms with E-state index in [2.05, 4.69) is 4.98 Å². The number of aromatic nitrogens is 1. The number of nitrogens with one attached hydrogen (secondary N) is 1.